The third-order valence-electron chi connectivity index (χ3n) is 11.1. The smallest absolute Gasteiger partial charge is 0.479 e. The Morgan fingerprint density at radius 1 is 0.838 bits per heavy atom. The normalized spacial score (nSPS) is 14.4. The molecule has 0 saturated carbocycles. The second-order valence-corrected chi connectivity index (χ2v) is 16.6. The van der Waals surface area contributed by atoms with E-state index in [1.807, 2.05) is 43.0 Å². The van der Waals surface area contributed by atoms with Gasteiger partial charge in [0, 0.05) is 38.3 Å². The molecular formula is C47H50F5N5O11. The lowest BCUT2D eigenvalue weighted by Crippen LogP contribution is -2.57. The molecule has 1 aliphatic heterocycles. The Balaban J connectivity index is 0.000000775. The van der Waals surface area contributed by atoms with Gasteiger partial charge in [0.1, 0.15) is 29.3 Å². The van der Waals surface area contributed by atoms with Gasteiger partial charge in [0.25, 0.3) is 5.56 Å². The minimum absolute atomic E-state index is 0.00416. The number of hydrogen-bond acceptors (Lipinski definition) is 12. The Bertz CT molecular complexity index is 2620. The molecule has 16 nitrogen and oxygen atoms in total. The number of piperidine rings is 1. The van der Waals surface area contributed by atoms with Gasteiger partial charge in [-0.3, -0.25) is 19.3 Å². The maximum absolute atomic E-state index is 14.7. The van der Waals surface area contributed by atoms with Crippen molar-refractivity contribution in [2.24, 2.45) is 0 Å². The van der Waals surface area contributed by atoms with Crippen LogP contribution in [-0.4, -0.2) is 118 Å². The van der Waals surface area contributed by atoms with Gasteiger partial charge in [-0.25, -0.2) is 23.4 Å². The number of aliphatic hydroxyl groups excluding tert-OH is 2. The molecule has 2 unspecified atom stereocenters. The number of pyridine rings is 1. The number of carboxylic acids is 2. The zero-order valence-corrected chi connectivity index (χ0v) is 37.3. The third-order valence-corrected chi connectivity index (χ3v) is 11.1. The zero-order chi connectivity index (χ0) is 50.1. The fourth-order valence-electron chi connectivity index (χ4n) is 7.47. The molecule has 21 heteroatoms. The first-order valence-corrected chi connectivity index (χ1v) is 21.3. The molecule has 0 bridgehead atoms. The second kappa shape index (κ2) is 22.3. The molecule has 6 rings (SSSR count). The average Bonchev–Trinajstić information content (AvgIpc) is 3.29. The first-order valence-electron chi connectivity index (χ1n) is 21.3. The van der Waals surface area contributed by atoms with Crippen molar-refractivity contribution < 1.29 is 71.0 Å². The molecule has 0 spiro atoms. The van der Waals surface area contributed by atoms with Crippen molar-refractivity contribution in [3.63, 3.8) is 0 Å². The molecule has 68 heavy (non-hydrogen) atoms. The first kappa shape index (κ1) is 52.1. The lowest BCUT2D eigenvalue weighted by Gasteiger charge is -2.44. The van der Waals surface area contributed by atoms with Crippen LogP contribution < -0.4 is 10.3 Å². The van der Waals surface area contributed by atoms with E-state index in [1.165, 1.54) is 42.6 Å². The zero-order valence-electron chi connectivity index (χ0n) is 37.3. The van der Waals surface area contributed by atoms with Crippen LogP contribution in [0.15, 0.2) is 89.9 Å². The number of carbonyl (C=O) groups is 4. The van der Waals surface area contributed by atoms with Gasteiger partial charge in [0.2, 0.25) is 5.91 Å². The van der Waals surface area contributed by atoms with Crippen LogP contribution in [0.1, 0.15) is 57.5 Å². The highest BCUT2D eigenvalue weighted by molar-refractivity contribution is 5.83. The highest BCUT2D eigenvalue weighted by atomic mass is 19.4. The summed E-state index contributed by atoms with van der Waals surface area (Å²) in [5, 5.41) is 32.7. The lowest BCUT2D eigenvalue weighted by atomic mass is 9.95. The maximum atomic E-state index is 14.7. The molecule has 364 valence electrons. The van der Waals surface area contributed by atoms with Crippen LogP contribution in [0.3, 0.4) is 0 Å². The SMILES string of the molecule is CC(C)OC(=O)C(C)(C)N1CCC(N(Cc2ccc(-c3ccc(OC(F)(F)F)cc3)cc2)C(=O)Cn2c(CCc3cccc(F)c3F)nc(=O)c3cccnc32)CC1.O=C(O)C(O)C(O)C(=O)O. The van der Waals surface area contributed by atoms with Crippen LogP contribution in [-0.2, 0) is 49.8 Å². The number of aryl methyl sites for hydroxylation is 2. The number of carbonyl (C=O) groups excluding carboxylic acids is 2. The molecule has 1 saturated heterocycles. The summed E-state index contributed by atoms with van der Waals surface area (Å²) in [4.78, 5) is 72.9. The van der Waals surface area contributed by atoms with Crippen molar-refractivity contribution in [1.29, 1.82) is 0 Å². The molecule has 3 aromatic carbocycles. The van der Waals surface area contributed by atoms with Crippen LogP contribution in [0.4, 0.5) is 22.0 Å². The number of aliphatic hydroxyl groups is 2. The Morgan fingerprint density at radius 2 is 1.43 bits per heavy atom. The molecule has 0 aliphatic carbocycles. The monoisotopic (exact) mass is 955 g/mol. The van der Waals surface area contributed by atoms with Crippen molar-refractivity contribution in [3.8, 4) is 16.9 Å². The minimum atomic E-state index is -4.80. The Kier molecular flexibility index (Phi) is 17.1. The topological polar surface area (TPSA) is 222 Å². The van der Waals surface area contributed by atoms with E-state index in [0.29, 0.717) is 31.5 Å². The van der Waals surface area contributed by atoms with Crippen LogP contribution >= 0.6 is 0 Å². The van der Waals surface area contributed by atoms with Crippen molar-refractivity contribution in [2.75, 3.05) is 13.1 Å². The number of esters is 1. The van der Waals surface area contributed by atoms with Gasteiger partial charge in [-0.05, 0) is 99.5 Å². The summed E-state index contributed by atoms with van der Waals surface area (Å²) in [6.45, 7) is 8.13. The average molecular weight is 956 g/mol. The maximum Gasteiger partial charge on any atom is 0.573 e. The Hall–Kier alpha value is -6.84. The number of halogens is 5. The number of ether oxygens (including phenoxy) is 2. The van der Waals surface area contributed by atoms with Crippen LogP contribution in [0, 0.1) is 11.6 Å². The number of likely N-dealkylation sites (tertiary alicyclic amines) is 1. The molecule has 4 N–H and O–H groups in total. The Labute approximate surface area is 386 Å². The summed E-state index contributed by atoms with van der Waals surface area (Å²) in [5.41, 5.74) is 1.03. The lowest BCUT2D eigenvalue weighted by molar-refractivity contribution is -0.274. The predicted molar refractivity (Wildman–Crippen MR) is 234 cm³/mol. The van der Waals surface area contributed by atoms with E-state index in [0.717, 1.165) is 17.2 Å². The molecule has 2 aromatic heterocycles. The van der Waals surface area contributed by atoms with Gasteiger partial charge in [-0.2, -0.15) is 4.98 Å². The summed E-state index contributed by atoms with van der Waals surface area (Å²) in [6.07, 6.45) is -7.04. The summed E-state index contributed by atoms with van der Waals surface area (Å²) in [5.74, 6) is -6.33. The van der Waals surface area contributed by atoms with E-state index in [-0.39, 0.29) is 78.1 Å². The number of amides is 1. The van der Waals surface area contributed by atoms with Crippen LogP contribution in [0.5, 0.6) is 5.75 Å². The molecule has 1 fully saturated rings. The van der Waals surface area contributed by atoms with Crippen molar-refractivity contribution >= 4 is 34.8 Å². The van der Waals surface area contributed by atoms with Gasteiger partial charge in [0.05, 0.1) is 11.5 Å². The van der Waals surface area contributed by atoms with E-state index in [2.05, 4.69) is 14.7 Å². The number of aliphatic carboxylic acids is 2. The summed E-state index contributed by atoms with van der Waals surface area (Å²) >= 11 is 0. The van der Waals surface area contributed by atoms with E-state index in [1.54, 1.807) is 35.4 Å². The van der Waals surface area contributed by atoms with Crippen molar-refractivity contribution in [3.05, 3.63) is 124 Å². The quantitative estimate of drug-likeness (QED) is 0.0707. The van der Waals surface area contributed by atoms with Crippen molar-refractivity contribution in [2.45, 2.75) is 103 Å². The van der Waals surface area contributed by atoms with Gasteiger partial charge in [-0.1, -0.05) is 48.5 Å². The van der Waals surface area contributed by atoms with E-state index in [4.69, 9.17) is 25.2 Å². The number of carboxylic acid groups (broad SMARTS) is 2. The molecule has 2 atom stereocenters. The number of rotatable bonds is 16. The number of nitrogens with zero attached hydrogens (tertiary/aromatic N) is 5. The first-order chi connectivity index (χ1) is 32.0. The molecular weight excluding hydrogens is 906 g/mol. The van der Waals surface area contributed by atoms with Crippen molar-refractivity contribution in [1.82, 2.24) is 24.3 Å². The number of benzene rings is 3. The molecule has 0 radical (unpaired) electrons. The second-order valence-electron chi connectivity index (χ2n) is 16.6. The number of fused-ring (bicyclic) bond motifs is 1. The third kappa shape index (κ3) is 13.4. The van der Waals surface area contributed by atoms with Crippen LogP contribution in [0.2, 0.25) is 0 Å². The minimum Gasteiger partial charge on any atom is -0.479 e. The molecule has 5 aromatic rings. The fourth-order valence-corrected chi connectivity index (χ4v) is 7.47. The summed E-state index contributed by atoms with van der Waals surface area (Å²) in [6, 6.07) is 19.6. The van der Waals surface area contributed by atoms with E-state index >= 15 is 0 Å². The summed E-state index contributed by atoms with van der Waals surface area (Å²) < 4.78 is 77.8. The highest BCUT2D eigenvalue weighted by Gasteiger charge is 2.40. The van der Waals surface area contributed by atoms with E-state index in [9.17, 15) is 45.9 Å². The predicted octanol–water partition coefficient (Wildman–Crippen LogP) is 5.52. The molecule has 1 amide bonds. The van der Waals surface area contributed by atoms with Crippen LogP contribution in [0.25, 0.3) is 22.2 Å². The van der Waals surface area contributed by atoms with Gasteiger partial charge >= 0.3 is 24.3 Å². The highest BCUT2D eigenvalue weighted by Crippen LogP contribution is 2.30. The van der Waals surface area contributed by atoms with E-state index < -0.39 is 53.2 Å². The number of hydrogen-bond donors (Lipinski definition) is 4. The Morgan fingerprint density at radius 3 is 1.99 bits per heavy atom. The summed E-state index contributed by atoms with van der Waals surface area (Å²) in [7, 11) is 0. The van der Waals surface area contributed by atoms with Gasteiger partial charge < -0.3 is 39.4 Å². The van der Waals surface area contributed by atoms with Gasteiger partial charge in [0.15, 0.2) is 23.8 Å². The number of aromatic nitrogens is 3. The number of alkyl halides is 3. The molecule has 1 aliphatic rings. The standard InChI is InChI=1S/C43H44F5N5O5.C4H6O6/c1-27(2)57-41(56)42(3,4)51-23-20-32(21-24-51)52(25-28-10-12-29(13-11-28)30-14-17-33(18-15-30)58-43(46,47)48)37(54)26-53-36(19-16-31-7-5-9-35(44)38(31)45)50-40(55)34-8-6-22-49-39(34)53;5-1(3(7)8)2(6)4(9)10/h5-15,17-18,22,27,32H,16,19-21,23-26H2,1-4H3;1-2,5-6H,(H,7,8)(H,9,10). The fraction of sp³-hybridized carbons (Fsp3) is 0.383. The molecule has 3 heterocycles. The largest absolute Gasteiger partial charge is 0.573 e. The van der Waals surface area contributed by atoms with Gasteiger partial charge in [-0.15, -0.1) is 13.2 Å².